The summed E-state index contributed by atoms with van der Waals surface area (Å²) in [5, 5.41) is 0. The normalized spacial score (nSPS) is 30.8. The van der Waals surface area contributed by atoms with Gasteiger partial charge in [-0.3, -0.25) is 5.73 Å². The molecule has 0 radical (unpaired) electrons. The fourth-order valence-electron chi connectivity index (χ4n) is 0.988. The van der Waals surface area contributed by atoms with Crippen molar-refractivity contribution in [3.8, 4) is 0 Å². The van der Waals surface area contributed by atoms with Crippen molar-refractivity contribution in [1.29, 1.82) is 0 Å². The zero-order valence-corrected chi connectivity index (χ0v) is 7.70. The van der Waals surface area contributed by atoms with Gasteiger partial charge in [-0.15, -0.1) is 0 Å². The highest BCUT2D eigenvalue weighted by molar-refractivity contribution is 5.01. The summed E-state index contributed by atoms with van der Waals surface area (Å²) in [6, 6.07) is 0. The van der Waals surface area contributed by atoms with Crippen LogP contribution in [0.15, 0.2) is 12.0 Å². The second-order valence-electron chi connectivity index (χ2n) is 3.98. The summed E-state index contributed by atoms with van der Waals surface area (Å²) in [7, 11) is 0. The van der Waals surface area contributed by atoms with Crippen LogP contribution in [0.25, 0.3) is 0 Å². The monoisotopic (exact) mass is 172 g/mol. The highest BCUT2D eigenvalue weighted by Crippen LogP contribution is 2.27. The zero-order chi connectivity index (χ0) is 9.35. The molecule has 0 aliphatic carbocycles. The average molecular weight is 172 g/mol. The molecule has 0 aromatic heterocycles. The first kappa shape index (κ1) is 9.35. The van der Waals surface area contributed by atoms with Crippen LogP contribution in [0.2, 0.25) is 0 Å². The predicted molar refractivity (Wildman–Crippen MR) is 45.7 cm³/mol. The van der Waals surface area contributed by atoms with E-state index < -0.39 is 6.41 Å². The van der Waals surface area contributed by atoms with Crippen LogP contribution in [0, 0.1) is 5.41 Å². The van der Waals surface area contributed by atoms with Gasteiger partial charge in [0.2, 0.25) is 0 Å². The molecule has 0 saturated carbocycles. The topological polar surface area (TPSA) is 70.5 Å². The van der Waals surface area contributed by atoms with Gasteiger partial charge in [-0.05, 0) is 5.41 Å². The van der Waals surface area contributed by atoms with E-state index in [0.717, 1.165) is 0 Å². The maximum absolute atomic E-state index is 5.49. The molecule has 0 spiro atoms. The van der Waals surface area contributed by atoms with Gasteiger partial charge in [-0.2, -0.15) is 0 Å². The summed E-state index contributed by atoms with van der Waals surface area (Å²) >= 11 is 0. The number of nitrogens with two attached hydrogens (primary N) is 2. The Kier molecular flexibility index (Phi) is 2.30. The number of ether oxygens (including phenoxy) is 2. The zero-order valence-electron chi connectivity index (χ0n) is 7.70. The molecule has 4 nitrogen and oxygen atoms in total. The largest absolute Gasteiger partial charge is 0.437 e. The molecular formula is C8H16N2O2. The third-order valence-corrected chi connectivity index (χ3v) is 1.70. The van der Waals surface area contributed by atoms with Crippen LogP contribution in [0.1, 0.15) is 20.8 Å². The molecule has 0 amide bonds. The fraction of sp³-hybridized carbons (Fsp3) is 0.750. The Morgan fingerprint density at radius 2 is 2.00 bits per heavy atom. The van der Waals surface area contributed by atoms with E-state index in [4.69, 9.17) is 20.9 Å². The van der Waals surface area contributed by atoms with Gasteiger partial charge in [0.05, 0.1) is 6.10 Å². The minimum absolute atomic E-state index is 0.00792. The molecule has 1 rings (SSSR count). The van der Waals surface area contributed by atoms with Crippen LogP contribution in [0.5, 0.6) is 0 Å². The second kappa shape index (κ2) is 2.95. The standard InChI is InChI=1S/C8H16N2O2/c1-8(2,3)5-4-6(9)12-7(10)11-5/h4-5,7H,9-10H2,1-3H3. The Bertz CT molecular complexity index is 196. The highest BCUT2D eigenvalue weighted by atomic mass is 16.7. The van der Waals surface area contributed by atoms with Crippen LogP contribution in [0.3, 0.4) is 0 Å². The number of hydrogen-bond donors (Lipinski definition) is 2. The molecule has 0 fully saturated rings. The van der Waals surface area contributed by atoms with E-state index in [-0.39, 0.29) is 11.5 Å². The fourth-order valence-corrected chi connectivity index (χ4v) is 0.988. The lowest BCUT2D eigenvalue weighted by Gasteiger charge is -2.33. The molecule has 4 heteroatoms. The van der Waals surface area contributed by atoms with Crippen molar-refractivity contribution in [2.45, 2.75) is 33.3 Å². The van der Waals surface area contributed by atoms with Crippen molar-refractivity contribution in [3.63, 3.8) is 0 Å². The Morgan fingerprint density at radius 3 is 2.42 bits per heavy atom. The predicted octanol–water partition coefficient (Wildman–Crippen LogP) is 0.490. The molecule has 0 bridgehead atoms. The van der Waals surface area contributed by atoms with Gasteiger partial charge in [0, 0.05) is 6.08 Å². The van der Waals surface area contributed by atoms with Crippen molar-refractivity contribution >= 4 is 0 Å². The van der Waals surface area contributed by atoms with Crippen molar-refractivity contribution in [3.05, 3.63) is 12.0 Å². The van der Waals surface area contributed by atoms with Crippen LogP contribution in [0.4, 0.5) is 0 Å². The highest BCUT2D eigenvalue weighted by Gasteiger charge is 2.29. The summed E-state index contributed by atoms with van der Waals surface area (Å²) in [4.78, 5) is 0. The summed E-state index contributed by atoms with van der Waals surface area (Å²) < 4.78 is 10.2. The van der Waals surface area contributed by atoms with Crippen LogP contribution < -0.4 is 11.5 Å². The summed E-state index contributed by atoms with van der Waals surface area (Å²) in [5.74, 6) is 0.341. The van der Waals surface area contributed by atoms with Gasteiger partial charge in [0.1, 0.15) is 0 Å². The number of hydrogen-bond acceptors (Lipinski definition) is 4. The molecule has 12 heavy (non-hydrogen) atoms. The smallest absolute Gasteiger partial charge is 0.259 e. The van der Waals surface area contributed by atoms with Crippen molar-refractivity contribution in [2.75, 3.05) is 0 Å². The van der Waals surface area contributed by atoms with Gasteiger partial charge in [-0.25, -0.2) is 0 Å². The van der Waals surface area contributed by atoms with Crippen LogP contribution in [-0.2, 0) is 9.47 Å². The van der Waals surface area contributed by atoms with Crippen molar-refractivity contribution < 1.29 is 9.47 Å². The minimum atomic E-state index is -0.737. The van der Waals surface area contributed by atoms with E-state index in [1.54, 1.807) is 6.08 Å². The lowest BCUT2D eigenvalue weighted by atomic mass is 9.88. The van der Waals surface area contributed by atoms with E-state index in [2.05, 4.69) is 20.8 Å². The van der Waals surface area contributed by atoms with E-state index in [1.165, 1.54) is 0 Å². The molecule has 2 atom stereocenters. The summed E-state index contributed by atoms with van der Waals surface area (Å²) in [6.45, 7) is 6.17. The first-order valence-electron chi connectivity index (χ1n) is 3.94. The van der Waals surface area contributed by atoms with Crippen LogP contribution >= 0.6 is 0 Å². The maximum Gasteiger partial charge on any atom is 0.259 e. The summed E-state index contributed by atoms with van der Waals surface area (Å²) in [5.41, 5.74) is 10.9. The van der Waals surface area contributed by atoms with Crippen molar-refractivity contribution in [1.82, 2.24) is 0 Å². The third-order valence-electron chi connectivity index (χ3n) is 1.70. The molecule has 2 unspecified atom stereocenters. The van der Waals surface area contributed by atoms with E-state index in [1.807, 2.05) is 0 Å². The van der Waals surface area contributed by atoms with Gasteiger partial charge in [0.25, 0.3) is 6.41 Å². The molecule has 4 N–H and O–H groups in total. The van der Waals surface area contributed by atoms with E-state index in [9.17, 15) is 0 Å². The molecule has 70 valence electrons. The molecule has 1 aliphatic heterocycles. The average Bonchev–Trinajstić information content (AvgIpc) is 1.82. The third kappa shape index (κ3) is 2.12. The van der Waals surface area contributed by atoms with Gasteiger partial charge >= 0.3 is 0 Å². The number of rotatable bonds is 0. The first-order valence-corrected chi connectivity index (χ1v) is 3.94. The second-order valence-corrected chi connectivity index (χ2v) is 3.98. The van der Waals surface area contributed by atoms with Crippen molar-refractivity contribution in [2.24, 2.45) is 16.9 Å². The Hall–Kier alpha value is -0.740. The lowest BCUT2D eigenvalue weighted by Crippen LogP contribution is -2.42. The molecular weight excluding hydrogens is 156 g/mol. The lowest BCUT2D eigenvalue weighted by molar-refractivity contribution is -0.174. The van der Waals surface area contributed by atoms with E-state index >= 15 is 0 Å². The Morgan fingerprint density at radius 1 is 1.42 bits per heavy atom. The Balaban J connectivity index is 2.73. The van der Waals surface area contributed by atoms with Gasteiger partial charge < -0.3 is 15.2 Å². The van der Waals surface area contributed by atoms with E-state index in [0.29, 0.717) is 5.88 Å². The quantitative estimate of drug-likeness (QED) is 0.558. The van der Waals surface area contributed by atoms with Gasteiger partial charge in [-0.1, -0.05) is 20.8 Å². The maximum atomic E-state index is 5.49. The SMILES string of the molecule is CC(C)(C)C1C=C(N)OC(N)O1. The summed E-state index contributed by atoms with van der Waals surface area (Å²) in [6.07, 6.45) is 0.920. The molecule has 1 heterocycles. The Labute approximate surface area is 72.5 Å². The first-order chi connectivity index (χ1) is 5.39. The molecule has 0 saturated heterocycles. The molecule has 1 aliphatic rings. The van der Waals surface area contributed by atoms with Crippen LogP contribution in [-0.4, -0.2) is 12.5 Å². The minimum Gasteiger partial charge on any atom is -0.437 e. The van der Waals surface area contributed by atoms with Gasteiger partial charge in [0.15, 0.2) is 5.88 Å². The molecule has 0 aromatic carbocycles. The molecule has 0 aromatic rings.